The average Bonchev–Trinajstić information content (AvgIpc) is 3.10. The molecule has 0 bridgehead atoms. The first kappa shape index (κ1) is 16.0. The second kappa shape index (κ2) is 5.79. The van der Waals surface area contributed by atoms with Crippen LogP contribution in [0.3, 0.4) is 0 Å². The van der Waals surface area contributed by atoms with E-state index in [4.69, 9.17) is 9.47 Å². The number of rotatable bonds is 3. The molecule has 1 unspecified atom stereocenters. The Hall–Kier alpha value is -2.51. The van der Waals surface area contributed by atoms with E-state index in [9.17, 15) is 8.42 Å². The molecule has 1 aliphatic heterocycles. The highest BCUT2D eigenvalue weighted by molar-refractivity contribution is 7.86. The zero-order valence-corrected chi connectivity index (χ0v) is 14.6. The van der Waals surface area contributed by atoms with Crippen molar-refractivity contribution in [2.45, 2.75) is 17.9 Å². The average molecular weight is 359 g/mol. The number of hydrogen-bond acceptors (Lipinski definition) is 5. The third-order valence-electron chi connectivity index (χ3n) is 4.40. The molecule has 0 spiro atoms. The van der Waals surface area contributed by atoms with Crippen LogP contribution in [0.15, 0.2) is 47.5 Å². The van der Waals surface area contributed by atoms with Gasteiger partial charge in [-0.3, -0.25) is 4.18 Å². The van der Waals surface area contributed by atoms with Gasteiger partial charge in [0.05, 0.1) is 12.0 Å². The molecule has 0 fully saturated rings. The van der Waals surface area contributed by atoms with E-state index in [1.807, 2.05) is 31.3 Å². The van der Waals surface area contributed by atoms with Gasteiger partial charge in [0.25, 0.3) is 10.1 Å². The fraction of sp³-hybridized carbons (Fsp3) is 0.222. The Bertz CT molecular complexity index is 1050. The van der Waals surface area contributed by atoms with E-state index in [1.54, 1.807) is 12.1 Å². The van der Waals surface area contributed by atoms with Gasteiger partial charge in [-0.25, -0.2) is 0 Å². The first-order valence-corrected chi connectivity index (χ1v) is 9.21. The molecule has 25 heavy (non-hydrogen) atoms. The Balaban J connectivity index is 1.77. The lowest BCUT2D eigenvalue weighted by Crippen LogP contribution is -2.22. The molecule has 0 amide bonds. The predicted molar refractivity (Wildman–Crippen MR) is 92.5 cm³/mol. The summed E-state index contributed by atoms with van der Waals surface area (Å²) in [5.41, 5.74) is 2.64. The first-order chi connectivity index (χ1) is 12.0. The molecule has 1 atom stereocenters. The van der Waals surface area contributed by atoms with E-state index < -0.39 is 16.2 Å². The maximum Gasteiger partial charge on any atom is 0.296 e. The molecule has 1 aliphatic rings. The Labute approximate surface area is 145 Å². The van der Waals surface area contributed by atoms with Crippen molar-refractivity contribution in [1.82, 2.24) is 4.98 Å². The van der Waals surface area contributed by atoms with Crippen molar-refractivity contribution in [3.63, 3.8) is 0 Å². The number of aryl methyl sites for hydroxylation is 1. The van der Waals surface area contributed by atoms with Crippen LogP contribution in [0.2, 0.25) is 0 Å². The smallest absolute Gasteiger partial charge is 0.296 e. The van der Waals surface area contributed by atoms with Gasteiger partial charge in [0, 0.05) is 22.7 Å². The molecule has 130 valence electrons. The molecule has 1 N–H and O–H groups in total. The molecular weight excluding hydrogens is 342 g/mol. The van der Waals surface area contributed by atoms with Crippen LogP contribution in [0.25, 0.3) is 10.9 Å². The normalized spacial score (nSPS) is 17.0. The second-order valence-electron chi connectivity index (χ2n) is 5.89. The molecule has 3 aromatic rings. The van der Waals surface area contributed by atoms with Crippen molar-refractivity contribution in [3.8, 4) is 11.5 Å². The molecule has 1 aromatic heterocycles. The molecule has 7 heteroatoms. The summed E-state index contributed by atoms with van der Waals surface area (Å²) >= 11 is 0. The van der Waals surface area contributed by atoms with Crippen LogP contribution in [-0.2, 0) is 14.3 Å². The summed E-state index contributed by atoms with van der Waals surface area (Å²) < 4.78 is 40.6. The van der Waals surface area contributed by atoms with E-state index in [0.29, 0.717) is 18.1 Å². The number of aromatic amines is 1. The summed E-state index contributed by atoms with van der Waals surface area (Å²) in [7, 11) is -2.62. The Kier molecular flexibility index (Phi) is 3.70. The molecule has 0 aliphatic carbocycles. The molecule has 6 nitrogen and oxygen atoms in total. The summed E-state index contributed by atoms with van der Waals surface area (Å²) in [6, 6.07) is 10.6. The van der Waals surface area contributed by atoms with Crippen molar-refractivity contribution >= 4 is 21.0 Å². The molecule has 2 heterocycles. The van der Waals surface area contributed by atoms with E-state index >= 15 is 0 Å². The fourth-order valence-electron chi connectivity index (χ4n) is 3.03. The SMILES string of the molecule is COS(=O)(=O)c1ccc(C)c(C2COc3ccc4[nH]ccc4c3O2)c1. The number of ether oxygens (including phenoxy) is 2. The third-order valence-corrected chi connectivity index (χ3v) is 5.67. The lowest BCUT2D eigenvalue weighted by Gasteiger charge is -2.28. The molecular formula is C18H17NO5S. The van der Waals surface area contributed by atoms with Crippen LogP contribution >= 0.6 is 0 Å². The molecule has 0 saturated carbocycles. The van der Waals surface area contributed by atoms with Gasteiger partial charge in [0.15, 0.2) is 17.6 Å². The van der Waals surface area contributed by atoms with Gasteiger partial charge in [-0.1, -0.05) is 6.07 Å². The monoisotopic (exact) mass is 359 g/mol. The minimum atomic E-state index is -3.76. The first-order valence-electron chi connectivity index (χ1n) is 7.80. The highest BCUT2D eigenvalue weighted by Gasteiger charge is 2.27. The van der Waals surface area contributed by atoms with Crippen LogP contribution in [-0.4, -0.2) is 27.1 Å². The van der Waals surface area contributed by atoms with Gasteiger partial charge in [-0.15, -0.1) is 0 Å². The van der Waals surface area contributed by atoms with Gasteiger partial charge in [-0.05, 0) is 42.8 Å². The highest BCUT2D eigenvalue weighted by atomic mass is 32.2. The Morgan fingerprint density at radius 1 is 1.20 bits per heavy atom. The largest absolute Gasteiger partial charge is 0.485 e. The predicted octanol–water partition coefficient (Wildman–Crippen LogP) is 3.32. The summed E-state index contributed by atoms with van der Waals surface area (Å²) in [5, 5.41) is 0.931. The van der Waals surface area contributed by atoms with Gasteiger partial charge in [0.1, 0.15) is 6.61 Å². The van der Waals surface area contributed by atoms with Gasteiger partial charge < -0.3 is 14.5 Å². The van der Waals surface area contributed by atoms with E-state index in [2.05, 4.69) is 9.17 Å². The van der Waals surface area contributed by atoms with E-state index in [1.165, 1.54) is 6.07 Å². The van der Waals surface area contributed by atoms with Crippen molar-refractivity contribution in [3.05, 3.63) is 53.7 Å². The molecule has 0 radical (unpaired) electrons. The van der Waals surface area contributed by atoms with Crippen LogP contribution in [0, 0.1) is 6.92 Å². The molecule has 2 aromatic carbocycles. The lowest BCUT2D eigenvalue weighted by molar-refractivity contribution is 0.0928. The number of aromatic nitrogens is 1. The quantitative estimate of drug-likeness (QED) is 0.726. The summed E-state index contributed by atoms with van der Waals surface area (Å²) in [4.78, 5) is 3.24. The fourth-order valence-corrected chi connectivity index (χ4v) is 3.73. The summed E-state index contributed by atoms with van der Waals surface area (Å²) in [6.07, 6.45) is 1.44. The van der Waals surface area contributed by atoms with Crippen LogP contribution in [0.5, 0.6) is 11.5 Å². The van der Waals surface area contributed by atoms with Gasteiger partial charge >= 0.3 is 0 Å². The van der Waals surface area contributed by atoms with Crippen molar-refractivity contribution in [2.75, 3.05) is 13.7 Å². The minimum Gasteiger partial charge on any atom is -0.485 e. The lowest BCUT2D eigenvalue weighted by atomic mass is 10.0. The zero-order chi connectivity index (χ0) is 17.6. The van der Waals surface area contributed by atoms with Crippen molar-refractivity contribution in [2.24, 2.45) is 0 Å². The standard InChI is InChI=1S/C18H17NO5S/c1-11-3-4-12(25(20,21)22-2)9-14(11)17-10-23-16-6-5-15-13(7-8-19-15)18(16)24-17/h3-9,17,19H,10H2,1-2H3. The third kappa shape index (κ3) is 2.65. The summed E-state index contributed by atoms with van der Waals surface area (Å²) in [5.74, 6) is 1.34. The van der Waals surface area contributed by atoms with Crippen LogP contribution in [0.4, 0.5) is 0 Å². The summed E-state index contributed by atoms with van der Waals surface area (Å²) in [6.45, 7) is 2.22. The highest BCUT2D eigenvalue weighted by Crippen LogP contribution is 2.42. The number of fused-ring (bicyclic) bond motifs is 3. The van der Waals surface area contributed by atoms with Crippen molar-refractivity contribution in [1.29, 1.82) is 0 Å². The number of H-pyrrole nitrogens is 1. The molecule has 4 rings (SSSR count). The Morgan fingerprint density at radius 3 is 2.84 bits per heavy atom. The van der Waals surface area contributed by atoms with E-state index in [-0.39, 0.29) is 4.90 Å². The van der Waals surface area contributed by atoms with Crippen LogP contribution < -0.4 is 9.47 Å². The number of hydrogen-bond donors (Lipinski definition) is 1. The minimum absolute atomic E-state index is 0.102. The topological polar surface area (TPSA) is 77.6 Å². The number of benzene rings is 2. The van der Waals surface area contributed by atoms with Gasteiger partial charge in [0.2, 0.25) is 0 Å². The zero-order valence-electron chi connectivity index (χ0n) is 13.8. The number of nitrogens with one attached hydrogen (secondary N) is 1. The van der Waals surface area contributed by atoms with Crippen molar-refractivity contribution < 1.29 is 22.1 Å². The maximum atomic E-state index is 12.0. The Morgan fingerprint density at radius 2 is 2.04 bits per heavy atom. The van der Waals surface area contributed by atoms with Gasteiger partial charge in [-0.2, -0.15) is 8.42 Å². The maximum absolute atomic E-state index is 12.0. The van der Waals surface area contributed by atoms with Crippen LogP contribution in [0.1, 0.15) is 17.2 Å². The second-order valence-corrected chi connectivity index (χ2v) is 7.60. The molecule has 0 saturated heterocycles. The van der Waals surface area contributed by atoms with E-state index in [0.717, 1.165) is 29.1 Å².